The second-order valence-corrected chi connectivity index (χ2v) is 4.01. The molecule has 0 amide bonds. The first-order valence-electron chi connectivity index (χ1n) is 5.25. The van der Waals surface area contributed by atoms with Crippen LogP contribution >= 0.6 is 0 Å². The number of fused-ring (bicyclic) bond motifs is 2. The van der Waals surface area contributed by atoms with E-state index < -0.39 is 35.6 Å². The normalized spacial score (nSPS) is 26.4. The van der Waals surface area contributed by atoms with Crippen LogP contribution in [0.1, 0.15) is 5.56 Å². The molecule has 1 aromatic rings. The first-order valence-corrected chi connectivity index (χ1v) is 5.25. The van der Waals surface area contributed by atoms with Gasteiger partial charge >= 0.3 is 0 Å². The summed E-state index contributed by atoms with van der Waals surface area (Å²) >= 11 is 0. The van der Waals surface area contributed by atoms with Crippen LogP contribution in [0.25, 0.3) is 5.57 Å². The maximum Gasteiger partial charge on any atom is 0.223 e. The summed E-state index contributed by atoms with van der Waals surface area (Å²) < 4.78 is 49.7. The summed E-state index contributed by atoms with van der Waals surface area (Å²) in [5.74, 6) is -4.86. The van der Waals surface area contributed by atoms with E-state index >= 15 is 0 Å². The second-order valence-electron chi connectivity index (χ2n) is 4.01. The van der Waals surface area contributed by atoms with Crippen molar-refractivity contribution in [2.45, 2.75) is 12.4 Å². The number of benzene rings is 1. The van der Waals surface area contributed by atoms with Crippen LogP contribution in [0.3, 0.4) is 0 Å². The minimum atomic E-state index is -1.60. The lowest BCUT2D eigenvalue weighted by atomic mass is 9.97. The molecule has 3 nitrogen and oxygen atoms in total. The topological polar surface area (TPSA) is 35.5 Å². The summed E-state index contributed by atoms with van der Waals surface area (Å²) in [7, 11) is 0. The van der Waals surface area contributed by atoms with Crippen LogP contribution in [0, 0.1) is 17.5 Å². The fourth-order valence-corrected chi connectivity index (χ4v) is 2.00. The number of halogens is 3. The van der Waals surface area contributed by atoms with Gasteiger partial charge in [-0.05, 0) is 18.2 Å². The quantitative estimate of drug-likeness (QED) is 0.719. The van der Waals surface area contributed by atoms with Gasteiger partial charge in [-0.15, -0.1) is 0 Å². The minimum absolute atomic E-state index is 0.0369. The van der Waals surface area contributed by atoms with Gasteiger partial charge in [-0.25, -0.2) is 13.2 Å². The molecular formula is C12H7F3O3. The van der Waals surface area contributed by atoms with Crippen LogP contribution in [-0.4, -0.2) is 24.8 Å². The Labute approximate surface area is 99.8 Å². The summed E-state index contributed by atoms with van der Waals surface area (Å²) in [5, 5.41) is 0. The first kappa shape index (κ1) is 11.4. The Hall–Kier alpha value is -1.66. The Balaban J connectivity index is 2.11. The van der Waals surface area contributed by atoms with Crippen molar-refractivity contribution < 1.29 is 27.4 Å². The Morgan fingerprint density at radius 1 is 1.17 bits per heavy atom. The van der Waals surface area contributed by atoms with E-state index in [1.165, 1.54) is 6.08 Å². The lowest BCUT2D eigenvalue weighted by Crippen LogP contribution is -2.28. The molecule has 6 heteroatoms. The molecule has 0 N–H and O–H groups in total. The fraction of sp³-hybridized carbons (Fsp3) is 0.250. The third-order valence-electron chi connectivity index (χ3n) is 2.87. The molecule has 1 fully saturated rings. The number of Topliss-reactive ketones (excluding diaryl/α,β-unsaturated/α-hetero) is 1. The average molecular weight is 256 g/mol. The van der Waals surface area contributed by atoms with Crippen molar-refractivity contribution in [2.24, 2.45) is 0 Å². The van der Waals surface area contributed by atoms with E-state index in [0.29, 0.717) is 0 Å². The van der Waals surface area contributed by atoms with Crippen LogP contribution < -0.4 is 0 Å². The zero-order valence-electron chi connectivity index (χ0n) is 8.95. The fourth-order valence-electron chi connectivity index (χ4n) is 2.00. The molecule has 94 valence electrons. The maximum atomic E-state index is 13.6. The lowest BCUT2D eigenvalue weighted by molar-refractivity contribution is -0.140. The van der Waals surface area contributed by atoms with Crippen LogP contribution in [-0.2, 0) is 14.3 Å². The van der Waals surface area contributed by atoms with E-state index in [4.69, 9.17) is 9.47 Å². The van der Waals surface area contributed by atoms with Crippen LogP contribution in [0.15, 0.2) is 18.2 Å². The van der Waals surface area contributed by atoms with Crippen molar-refractivity contribution in [2.75, 3.05) is 6.61 Å². The van der Waals surface area contributed by atoms with Gasteiger partial charge in [0.05, 0.1) is 6.61 Å². The lowest BCUT2D eigenvalue weighted by Gasteiger charge is -2.18. The van der Waals surface area contributed by atoms with E-state index in [1.54, 1.807) is 0 Å². The molecular weight excluding hydrogens is 249 g/mol. The highest BCUT2D eigenvalue weighted by atomic mass is 19.2. The molecule has 18 heavy (non-hydrogen) atoms. The summed E-state index contributed by atoms with van der Waals surface area (Å²) in [4.78, 5) is 11.8. The number of ether oxygens (including phenoxy) is 2. The van der Waals surface area contributed by atoms with Crippen molar-refractivity contribution in [3.05, 3.63) is 41.2 Å². The third-order valence-corrected chi connectivity index (χ3v) is 2.87. The predicted octanol–water partition coefficient (Wildman–Crippen LogP) is 1.81. The molecule has 1 aromatic carbocycles. The zero-order chi connectivity index (χ0) is 12.9. The Bertz CT molecular complexity index is 568. The monoisotopic (exact) mass is 256 g/mol. The Morgan fingerprint density at radius 3 is 2.72 bits per heavy atom. The highest BCUT2D eigenvalue weighted by molar-refractivity contribution is 6.23. The minimum Gasteiger partial charge on any atom is -0.343 e. The van der Waals surface area contributed by atoms with Gasteiger partial charge < -0.3 is 9.47 Å². The molecule has 2 aliphatic rings. The number of hydrogen-bond acceptors (Lipinski definition) is 3. The smallest absolute Gasteiger partial charge is 0.223 e. The third kappa shape index (κ3) is 1.57. The van der Waals surface area contributed by atoms with Crippen LogP contribution in [0.2, 0.25) is 0 Å². The maximum absolute atomic E-state index is 13.6. The highest BCUT2D eigenvalue weighted by Gasteiger charge is 2.39. The molecule has 0 radical (unpaired) electrons. The molecule has 2 atom stereocenters. The number of carbonyl (C=O) groups excluding carboxylic acids is 1. The standard InChI is InChI=1S/C12H7F3O3/c13-8-2-1-6(9(14)10(8)15)7-3-5-4-17-12(18-5)11(7)16/h1-3,5,12H,4H2/t5-,12+/m0/s1. The van der Waals surface area contributed by atoms with Gasteiger partial charge in [-0.1, -0.05) is 0 Å². The number of hydrogen-bond donors (Lipinski definition) is 0. The number of ketones is 1. The average Bonchev–Trinajstić information content (AvgIpc) is 2.76. The van der Waals surface area contributed by atoms with E-state index in [2.05, 4.69) is 0 Å². The van der Waals surface area contributed by atoms with Gasteiger partial charge in [-0.3, -0.25) is 4.79 Å². The molecule has 0 spiro atoms. The molecule has 2 heterocycles. The molecule has 0 aliphatic carbocycles. The highest BCUT2D eigenvalue weighted by Crippen LogP contribution is 2.31. The molecule has 2 aliphatic heterocycles. The first-order chi connectivity index (χ1) is 8.58. The summed E-state index contributed by atoms with van der Waals surface area (Å²) in [6, 6.07) is 1.81. The number of rotatable bonds is 1. The van der Waals surface area contributed by atoms with Crippen molar-refractivity contribution in [3.8, 4) is 0 Å². The zero-order valence-corrected chi connectivity index (χ0v) is 8.95. The Morgan fingerprint density at radius 2 is 1.94 bits per heavy atom. The molecule has 1 saturated heterocycles. The van der Waals surface area contributed by atoms with Gasteiger partial charge in [0.2, 0.25) is 12.1 Å². The van der Waals surface area contributed by atoms with Gasteiger partial charge in [0.25, 0.3) is 0 Å². The van der Waals surface area contributed by atoms with Crippen molar-refractivity contribution in [3.63, 3.8) is 0 Å². The van der Waals surface area contributed by atoms with Gasteiger partial charge in [0, 0.05) is 11.1 Å². The molecule has 0 saturated carbocycles. The summed E-state index contributed by atoms with van der Waals surface area (Å²) in [5.41, 5.74) is -0.312. The summed E-state index contributed by atoms with van der Waals surface area (Å²) in [6.45, 7) is 0.186. The van der Waals surface area contributed by atoms with Crippen molar-refractivity contribution in [1.82, 2.24) is 0 Å². The van der Waals surface area contributed by atoms with Gasteiger partial charge in [0.15, 0.2) is 17.5 Å². The van der Waals surface area contributed by atoms with Crippen molar-refractivity contribution >= 4 is 11.4 Å². The SMILES string of the molecule is O=C1C(c2ccc(F)c(F)c2F)=C[C@H]2CO[C@@H]1O2. The predicted molar refractivity (Wildman–Crippen MR) is 53.9 cm³/mol. The Kier molecular flexibility index (Phi) is 2.49. The van der Waals surface area contributed by atoms with E-state index in [9.17, 15) is 18.0 Å². The van der Waals surface area contributed by atoms with Gasteiger partial charge in [-0.2, -0.15) is 0 Å². The number of carbonyl (C=O) groups is 1. The summed E-state index contributed by atoms with van der Waals surface area (Å²) in [6.07, 6.45) is -0.181. The van der Waals surface area contributed by atoms with Crippen molar-refractivity contribution in [1.29, 1.82) is 0 Å². The van der Waals surface area contributed by atoms with Crippen LogP contribution in [0.5, 0.6) is 0 Å². The van der Waals surface area contributed by atoms with E-state index in [-0.39, 0.29) is 17.7 Å². The second kappa shape index (κ2) is 3.93. The molecule has 2 bridgehead atoms. The van der Waals surface area contributed by atoms with Crippen LogP contribution in [0.4, 0.5) is 13.2 Å². The van der Waals surface area contributed by atoms with E-state index in [0.717, 1.165) is 12.1 Å². The van der Waals surface area contributed by atoms with E-state index in [1.807, 2.05) is 0 Å². The molecule has 3 rings (SSSR count). The largest absolute Gasteiger partial charge is 0.343 e. The molecule has 0 unspecified atom stereocenters. The molecule has 0 aromatic heterocycles. The van der Waals surface area contributed by atoms with Gasteiger partial charge in [0.1, 0.15) is 6.10 Å².